The van der Waals surface area contributed by atoms with E-state index in [2.05, 4.69) is 56.7 Å². The zero-order valence-corrected chi connectivity index (χ0v) is 15.7. The number of methoxy groups -OCH3 is 2. The number of quaternary nitrogens is 1. The molecule has 1 N–H and O–H groups in total. The van der Waals surface area contributed by atoms with E-state index in [1.165, 1.54) is 11.3 Å². The Morgan fingerprint density at radius 3 is 2.56 bits per heavy atom. The Morgan fingerprint density at radius 1 is 1.08 bits per heavy atom. The fraction of sp³-hybridized carbons (Fsp3) is 0.333. The van der Waals surface area contributed by atoms with E-state index < -0.39 is 0 Å². The van der Waals surface area contributed by atoms with E-state index >= 15 is 0 Å². The van der Waals surface area contributed by atoms with Gasteiger partial charge >= 0.3 is 0 Å². The average molecular weight is 339 g/mol. The van der Waals surface area contributed by atoms with Crippen LogP contribution in [0.15, 0.2) is 54.9 Å². The standard InChI is InChI=1S/C21H27N2O2/c1-21(2)15-23(3,19-9-7-6-8-17(19)21)13-12-22-18-11-10-16(24-4)14-20(18)25-5/h6-14,22H,15H2,1-5H3/q+1/b13-12+. The van der Waals surface area contributed by atoms with Gasteiger partial charge < -0.3 is 14.8 Å². The van der Waals surface area contributed by atoms with Gasteiger partial charge in [0.15, 0.2) is 0 Å². The molecule has 1 unspecified atom stereocenters. The van der Waals surface area contributed by atoms with Gasteiger partial charge in [-0.05, 0) is 18.2 Å². The minimum atomic E-state index is 0.160. The van der Waals surface area contributed by atoms with Gasteiger partial charge in [-0.3, -0.25) is 4.48 Å². The molecular weight excluding hydrogens is 312 g/mol. The lowest BCUT2D eigenvalue weighted by atomic mass is 9.87. The van der Waals surface area contributed by atoms with Crippen molar-refractivity contribution in [2.45, 2.75) is 19.3 Å². The SMILES string of the molecule is COc1ccc(N/C=C/[N+]2(C)CC(C)(C)c3ccccc32)c(OC)c1. The van der Waals surface area contributed by atoms with Crippen molar-refractivity contribution in [3.8, 4) is 11.5 Å². The molecule has 0 saturated heterocycles. The van der Waals surface area contributed by atoms with Crippen LogP contribution in [0.2, 0.25) is 0 Å². The second-order valence-electron chi connectivity index (χ2n) is 7.35. The highest BCUT2D eigenvalue weighted by Gasteiger charge is 2.44. The number of nitrogens with zero attached hydrogens (tertiary/aromatic N) is 1. The molecule has 1 atom stereocenters. The molecule has 2 aromatic carbocycles. The predicted octanol–water partition coefficient (Wildman–Crippen LogP) is 4.52. The molecule has 4 nitrogen and oxygen atoms in total. The van der Waals surface area contributed by atoms with Gasteiger partial charge in [0, 0.05) is 17.0 Å². The van der Waals surface area contributed by atoms with Crippen molar-refractivity contribution in [1.29, 1.82) is 0 Å². The molecule has 1 aliphatic heterocycles. The molecular formula is C21H27N2O2+. The van der Waals surface area contributed by atoms with Gasteiger partial charge in [-0.25, -0.2) is 0 Å². The number of hydrogen-bond acceptors (Lipinski definition) is 3. The van der Waals surface area contributed by atoms with Gasteiger partial charge in [-0.1, -0.05) is 32.0 Å². The Balaban J connectivity index is 1.84. The first kappa shape index (κ1) is 17.4. The largest absolute Gasteiger partial charge is 0.497 e. The maximum absolute atomic E-state index is 5.44. The Labute approximate surface area is 150 Å². The van der Waals surface area contributed by atoms with Crippen molar-refractivity contribution in [3.05, 3.63) is 60.4 Å². The van der Waals surface area contributed by atoms with E-state index in [9.17, 15) is 0 Å². The fourth-order valence-electron chi connectivity index (χ4n) is 3.83. The minimum Gasteiger partial charge on any atom is -0.497 e. The number of nitrogens with one attached hydrogen (secondary N) is 1. The first-order chi connectivity index (χ1) is 11.9. The van der Waals surface area contributed by atoms with Gasteiger partial charge in [-0.15, -0.1) is 0 Å². The Morgan fingerprint density at radius 2 is 1.84 bits per heavy atom. The molecule has 0 fully saturated rings. The first-order valence-electron chi connectivity index (χ1n) is 8.51. The van der Waals surface area contributed by atoms with Gasteiger partial charge in [0.25, 0.3) is 0 Å². The number of rotatable bonds is 5. The third-order valence-corrected chi connectivity index (χ3v) is 4.96. The van der Waals surface area contributed by atoms with E-state index in [1.54, 1.807) is 14.2 Å². The molecule has 1 heterocycles. The van der Waals surface area contributed by atoms with E-state index in [1.807, 2.05) is 24.4 Å². The van der Waals surface area contributed by atoms with Crippen molar-refractivity contribution in [2.75, 3.05) is 33.1 Å². The van der Waals surface area contributed by atoms with Gasteiger partial charge in [-0.2, -0.15) is 0 Å². The summed E-state index contributed by atoms with van der Waals surface area (Å²) in [6.07, 6.45) is 4.21. The smallest absolute Gasteiger partial charge is 0.145 e. The molecule has 0 radical (unpaired) electrons. The highest BCUT2D eigenvalue weighted by molar-refractivity contribution is 5.62. The molecule has 0 spiro atoms. The van der Waals surface area contributed by atoms with Crippen LogP contribution in [0.3, 0.4) is 0 Å². The molecule has 132 valence electrons. The molecule has 0 aromatic heterocycles. The first-order valence-corrected chi connectivity index (χ1v) is 8.51. The van der Waals surface area contributed by atoms with Gasteiger partial charge in [0.2, 0.25) is 0 Å². The third-order valence-electron chi connectivity index (χ3n) is 4.96. The van der Waals surface area contributed by atoms with Crippen LogP contribution in [0.4, 0.5) is 11.4 Å². The number of para-hydroxylation sites is 1. The maximum Gasteiger partial charge on any atom is 0.145 e. The monoisotopic (exact) mass is 339 g/mol. The molecule has 2 aromatic rings. The number of fused-ring (bicyclic) bond motifs is 1. The normalized spacial score (nSPS) is 21.2. The number of anilines is 1. The van der Waals surface area contributed by atoms with Crippen LogP contribution in [0.25, 0.3) is 0 Å². The fourth-order valence-corrected chi connectivity index (χ4v) is 3.83. The Bertz CT molecular complexity index is 798. The number of likely N-dealkylation sites (N-methyl/N-ethyl adjacent to an activating group) is 1. The van der Waals surface area contributed by atoms with Crippen LogP contribution in [0.5, 0.6) is 11.5 Å². The van der Waals surface area contributed by atoms with Crippen molar-refractivity contribution in [2.24, 2.45) is 0 Å². The third kappa shape index (κ3) is 3.22. The number of benzene rings is 2. The van der Waals surface area contributed by atoms with Crippen molar-refractivity contribution in [3.63, 3.8) is 0 Å². The van der Waals surface area contributed by atoms with E-state index in [-0.39, 0.29) is 5.41 Å². The van der Waals surface area contributed by atoms with Crippen molar-refractivity contribution < 1.29 is 9.47 Å². The molecule has 0 bridgehead atoms. The summed E-state index contributed by atoms with van der Waals surface area (Å²) >= 11 is 0. The number of hydrogen-bond donors (Lipinski definition) is 1. The summed E-state index contributed by atoms with van der Waals surface area (Å²) in [6, 6.07) is 14.5. The zero-order chi connectivity index (χ0) is 18.1. The van der Waals surface area contributed by atoms with Crippen molar-refractivity contribution in [1.82, 2.24) is 4.48 Å². The van der Waals surface area contributed by atoms with E-state index in [0.717, 1.165) is 28.2 Å². The summed E-state index contributed by atoms with van der Waals surface area (Å²) in [5.41, 5.74) is 3.85. The average Bonchev–Trinajstić information content (AvgIpc) is 2.82. The second-order valence-corrected chi connectivity index (χ2v) is 7.35. The van der Waals surface area contributed by atoms with Crippen molar-refractivity contribution >= 4 is 11.4 Å². The van der Waals surface area contributed by atoms with Gasteiger partial charge in [0.1, 0.15) is 23.4 Å². The molecule has 0 aliphatic carbocycles. The Hall–Kier alpha value is -2.46. The second kappa shape index (κ2) is 6.45. The maximum atomic E-state index is 5.44. The molecule has 0 amide bonds. The molecule has 4 heteroatoms. The lowest BCUT2D eigenvalue weighted by Gasteiger charge is -2.27. The topological polar surface area (TPSA) is 30.5 Å². The summed E-state index contributed by atoms with van der Waals surface area (Å²) in [5, 5.41) is 3.35. The molecule has 3 rings (SSSR count). The number of ether oxygens (including phenoxy) is 2. The predicted molar refractivity (Wildman–Crippen MR) is 104 cm³/mol. The van der Waals surface area contributed by atoms with Crippen LogP contribution >= 0.6 is 0 Å². The van der Waals surface area contributed by atoms with Crippen LogP contribution < -0.4 is 19.3 Å². The Kier molecular flexibility index (Phi) is 4.48. The van der Waals surface area contributed by atoms with Crippen LogP contribution in [-0.4, -0.2) is 27.8 Å². The lowest BCUT2D eigenvalue weighted by Crippen LogP contribution is -2.41. The molecule has 0 saturated carbocycles. The van der Waals surface area contributed by atoms with Gasteiger partial charge in [0.05, 0.1) is 39.7 Å². The summed E-state index contributed by atoms with van der Waals surface area (Å²) in [6.45, 7) is 5.65. The summed E-state index contributed by atoms with van der Waals surface area (Å²) < 4.78 is 11.5. The van der Waals surface area contributed by atoms with Crippen LogP contribution in [0.1, 0.15) is 19.4 Å². The summed E-state index contributed by atoms with van der Waals surface area (Å²) in [7, 11) is 5.56. The van der Waals surface area contributed by atoms with E-state index in [0.29, 0.717) is 0 Å². The molecule has 25 heavy (non-hydrogen) atoms. The lowest BCUT2D eigenvalue weighted by molar-refractivity contribution is 0.388. The zero-order valence-electron chi connectivity index (χ0n) is 15.7. The highest BCUT2D eigenvalue weighted by atomic mass is 16.5. The molecule has 1 aliphatic rings. The minimum absolute atomic E-state index is 0.160. The highest BCUT2D eigenvalue weighted by Crippen LogP contribution is 2.44. The summed E-state index contributed by atoms with van der Waals surface area (Å²) in [4.78, 5) is 0. The quantitative estimate of drug-likeness (QED) is 0.813. The van der Waals surface area contributed by atoms with Crippen LogP contribution in [-0.2, 0) is 5.41 Å². The van der Waals surface area contributed by atoms with Crippen LogP contribution in [0, 0.1) is 0 Å². The summed E-state index contributed by atoms with van der Waals surface area (Å²) in [5.74, 6) is 1.54. The van der Waals surface area contributed by atoms with E-state index in [4.69, 9.17) is 9.47 Å².